The molecular formula is C25H21N9O2. The fourth-order valence-electron chi connectivity index (χ4n) is 3.95. The maximum absolute atomic E-state index is 12.4. The fraction of sp³-hybridized carbons (Fsp3) is 0.160. The lowest BCUT2D eigenvalue weighted by Gasteiger charge is -2.13. The van der Waals surface area contributed by atoms with Gasteiger partial charge >= 0.3 is 0 Å². The molecule has 0 fully saturated rings. The lowest BCUT2D eigenvalue weighted by Crippen LogP contribution is -2.05. The smallest absolute Gasteiger partial charge is 0.171 e. The molecule has 0 bridgehead atoms. The van der Waals surface area contributed by atoms with Gasteiger partial charge in [0.05, 0.1) is 40.8 Å². The maximum Gasteiger partial charge on any atom is 0.171 e. The van der Waals surface area contributed by atoms with Crippen molar-refractivity contribution in [3.8, 4) is 28.9 Å². The Morgan fingerprint density at radius 2 is 2.00 bits per heavy atom. The Morgan fingerprint density at radius 1 is 1.17 bits per heavy atom. The molecule has 0 saturated carbocycles. The van der Waals surface area contributed by atoms with Crippen molar-refractivity contribution in [2.75, 3.05) is 12.4 Å². The number of pyridine rings is 1. The van der Waals surface area contributed by atoms with E-state index in [1.54, 1.807) is 37.1 Å². The molecule has 0 unspecified atom stereocenters. The molecule has 0 radical (unpaired) electrons. The summed E-state index contributed by atoms with van der Waals surface area (Å²) in [6.07, 6.45) is 1.65. The predicted molar refractivity (Wildman–Crippen MR) is 133 cm³/mol. The Morgan fingerprint density at radius 3 is 2.69 bits per heavy atom. The predicted octanol–water partition coefficient (Wildman–Crippen LogP) is 4.04. The van der Waals surface area contributed by atoms with Gasteiger partial charge in [-0.25, -0.2) is 9.97 Å². The highest BCUT2D eigenvalue weighted by Crippen LogP contribution is 2.34. The van der Waals surface area contributed by atoms with Crippen LogP contribution in [0.1, 0.15) is 34.4 Å². The molecule has 0 saturated heterocycles. The number of ketones is 1. The monoisotopic (exact) mass is 479 g/mol. The molecule has 0 aliphatic carbocycles. The topological polar surface area (TPSA) is 147 Å². The lowest BCUT2D eigenvalue weighted by molar-refractivity contribution is 0.101. The quantitative estimate of drug-likeness (QED) is 0.344. The number of methoxy groups -OCH3 is 1. The van der Waals surface area contributed by atoms with E-state index in [1.807, 2.05) is 31.2 Å². The molecular weight excluding hydrogens is 458 g/mol. The zero-order valence-corrected chi connectivity index (χ0v) is 20.0. The number of aromatic nitrogens is 7. The number of fused-ring (bicyclic) bond motifs is 1. The van der Waals surface area contributed by atoms with Gasteiger partial charge in [-0.2, -0.15) is 15.5 Å². The number of Topliss-reactive ketones (excluding diaryl/α,β-unsaturated/α-hetero) is 1. The summed E-state index contributed by atoms with van der Waals surface area (Å²) in [5.41, 5.74) is 5.02. The van der Waals surface area contributed by atoms with Crippen molar-refractivity contribution < 1.29 is 9.53 Å². The average Bonchev–Trinajstić information content (AvgIpc) is 3.46. The van der Waals surface area contributed by atoms with Gasteiger partial charge in [0, 0.05) is 17.3 Å². The van der Waals surface area contributed by atoms with Crippen molar-refractivity contribution in [3.05, 3.63) is 65.4 Å². The average molecular weight is 480 g/mol. The van der Waals surface area contributed by atoms with Gasteiger partial charge in [-0.05, 0) is 51.1 Å². The van der Waals surface area contributed by atoms with Gasteiger partial charge in [-0.3, -0.25) is 14.5 Å². The van der Waals surface area contributed by atoms with Crippen molar-refractivity contribution in [2.24, 2.45) is 0 Å². The molecule has 5 aromatic rings. The van der Waals surface area contributed by atoms with Crippen LogP contribution in [0, 0.1) is 25.2 Å². The second kappa shape index (κ2) is 8.92. The molecule has 178 valence electrons. The molecule has 0 atom stereocenters. The fourth-order valence-corrected chi connectivity index (χ4v) is 3.95. The minimum Gasteiger partial charge on any atom is -0.494 e. The van der Waals surface area contributed by atoms with Gasteiger partial charge in [0.15, 0.2) is 17.3 Å². The number of H-pyrrole nitrogens is 1. The van der Waals surface area contributed by atoms with E-state index in [0.717, 1.165) is 11.2 Å². The summed E-state index contributed by atoms with van der Waals surface area (Å²) in [6, 6.07) is 12.9. The molecule has 0 amide bonds. The van der Waals surface area contributed by atoms with Crippen molar-refractivity contribution in [2.45, 2.75) is 20.8 Å². The molecule has 5 rings (SSSR count). The number of aryl methyl sites for hydroxylation is 2. The molecule has 0 aliphatic heterocycles. The number of carbonyl (C=O) groups excluding carboxylic acids is 1. The molecule has 4 aromatic heterocycles. The Bertz CT molecular complexity index is 1660. The Labute approximate surface area is 205 Å². The van der Waals surface area contributed by atoms with Gasteiger partial charge < -0.3 is 10.1 Å². The summed E-state index contributed by atoms with van der Waals surface area (Å²) in [5, 5.41) is 27.8. The largest absolute Gasteiger partial charge is 0.494 e. The highest BCUT2D eigenvalue weighted by molar-refractivity contribution is 6.00. The van der Waals surface area contributed by atoms with Crippen LogP contribution < -0.4 is 10.1 Å². The van der Waals surface area contributed by atoms with E-state index in [2.05, 4.69) is 36.8 Å². The zero-order chi connectivity index (χ0) is 25.4. The van der Waals surface area contributed by atoms with E-state index >= 15 is 0 Å². The van der Waals surface area contributed by atoms with Crippen LogP contribution in [0.5, 0.6) is 5.75 Å². The number of rotatable bonds is 6. The third-order valence-electron chi connectivity index (χ3n) is 5.73. The van der Waals surface area contributed by atoms with Crippen LogP contribution in [0.3, 0.4) is 0 Å². The van der Waals surface area contributed by atoms with Crippen LogP contribution in [0.25, 0.3) is 28.1 Å². The van der Waals surface area contributed by atoms with Gasteiger partial charge in [0.25, 0.3) is 0 Å². The van der Waals surface area contributed by atoms with E-state index in [4.69, 9.17) is 9.72 Å². The first kappa shape index (κ1) is 22.7. The van der Waals surface area contributed by atoms with Crippen molar-refractivity contribution >= 4 is 28.3 Å². The Balaban J connectivity index is 1.63. The summed E-state index contributed by atoms with van der Waals surface area (Å²) < 4.78 is 7.42. The summed E-state index contributed by atoms with van der Waals surface area (Å²) in [4.78, 5) is 21.7. The summed E-state index contributed by atoms with van der Waals surface area (Å²) in [6.45, 7) is 5.12. The molecule has 1 aromatic carbocycles. The van der Waals surface area contributed by atoms with Gasteiger partial charge in [0.2, 0.25) is 0 Å². The third-order valence-corrected chi connectivity index (χ3v) is 5.73. The highest BCUT2D eigenvalue weighted by Gasteiger charge is 2.21. The minimum atomic E-state index is -0.166. The van der Waals surface area contributed by atoms with Crippen LogP contribution in [-0.4, -0.2) is 47.8 Å². The number of aromatic amines is 1. The summed E-state index contributed by atoms with van der Waals surface area (Å²) in [7, 11) is 1.58. The normalized spacial score (nSPS) is 10.9. The maximum atomic E-state index is 12.4. The number of hydrogen-bond donors (Lipinski definition) is 2. The van der Waals surface area contributed by atoms with Gasteiger partial charge in [-0.15, -0.1) is 5.10 Å². The lowest BCUT2D eigenvalue weighted by atomic mass is 10.0. The number of hydrogen-bond acceptors (Lipinski definition) is 9. The number of ether oxygens (including phenoxy) is 1. The van der Waals surface area contributed by atoms with E-state index in [-0.39, 0.29) is 11.5 Å². The standard InChI is InChI=1S/C25H21N9O2/c1-13-5-7-22(33-30-13)28-18-9-17-20(10-21(18)36-4)34(12-27-17)23-8-6-16(15(3)35)25(29-23)24-14(2)31-32-19(24)11-26/h5-10,12H,1-4H3,(H,28,33)(H,31,32). The van der Waals surface area contributed by atoms with Gasteiger partial charge in [-0.1, -0.05) is 0 Å². The number of nitriles is 1. The molecule has 11 nitrogen and oxygen atoms in total. The summed E-state index contributed by atoms with van der Waals surface area (Å²) in [5.74, 6) is 1.51. The first-order valence-electron chi connectivity index (χ1n) is 11.0. The molecule has 0 aliphatic rings. The van der Waals surface area contributed by atoms with E-state index in [9.17, 15) is 10.1 Å². The molecule has 4 heterocycles. The highest BCUT2D eigenvalue weighted by atomic mass is 16.5. The van der Waals surface area contributed by atoms with Crippen LogP contribution in [0.15, 0.2) is 42.7 Å². The molecule has 0 spiro atoms. The first-order valence-corrected chi connectivity index (χ1v) is 11.0. The van der Waals surface area contributed by atoms with Crippen LogP contribution in [0.4, 0.5) is 11.5 Å². The van der Waals surface area contributed by atoms with Crippen LogP contribution >= 0.6 is 0 Å². The molecule has 2 N–H and O–H groups in total. The number of benzene rings is 1. The number of nitrogens with one attached hydrogen (secondary N) is 2. The number of imidazole rings is 1. The first-order chi connectivity index (χ1) is 17.4. The molecule has 36 heavy (non-hydrogen) atoms. The van der Waals surface area contributed by atoms with Crippen LogP contribution in [-0.2, 0) is 0 Å². The van der Waals surface area contributed by atoms with E-state index < -0.39 is 0 Å². The summed E-state index contributed by atoms with van der Waals surface area (Å²) >= 11 is 0. The van der Waals surface area contributed by atoms with Crippen LogP contribution in [0.2, 0.25) is 0 Å². The molecule has 11 heteroatoms. The van der Waals surface area contributed by atoms with Crippen molar-refractivity contribution in [1.29, 1.82) is 5.26 Å². The Kier molecular flexibility index (Phi) is 5.62. The number of anilines is 2. The third kappa shape index (κ3) is 3.90. The van der Waals surface area contributed by atoms with Gasteiger partial charge in [0.1, 0.15) is 24.0 Å². The number of nitrogens with zero attached hydrogens (tertiary/aromatic N) is 7. The Hall–Kier alpha value is -5.11. The minimum absolute atomic E-state index is 0.166. The second-order valence-electron chi connectivity index (χ2n) is 8.15. The zero-order valence-electron chi connectivity index (χ0n) is 20.0. The number of carbonyl (C=O) groups is 1. The van der Waals surface area contributed by atoms with E-state index in [1.165, 1.54) is 6.92 Å². The van der Waals surface area contributed by atoms with Crippen molar-refractivity contribution in [1.82, 2.24) is 34.9 Å². The van der Waals surface area contributed by atoms with E-state index in [0.29, 0.717) is 51.1 Å². The SMILES string of the molecule is COc1cc2c(cc1Nc1ccc(C)nn1)ncn2-c1ccc(C(C)=O)c(-c2c(C#N)n[nH]c2C)n1. The second-order valence-corrected chi connectivity index (χ2v) is 8.15. The van der Waals surface area contributed by atoms with Crippen molar-refractivity contribution in [3.63, 3.8) is 0 Å².